The maximum Gasteiger partial charge on any atom is 0.324 e. The third-order valence-corrected chi connectivity index (χ3v) is 4.98. The molecule has 0 radical (unpaired) electrons. The Balaban J connectivity index is 2.18. The van der Waals surface area contributed by atoms with Crippen molar-refractivity contribution in [2.75, 3.05) is 14.2 Å². The van der Waals surface area contributed by atoms with Crippen molar-refractivity contribution in [2.45, 2.75) is 31.6 Å². The van der Waals surface area contributed by atoms with Crippen LogP contribution in [-0.4, -0.2) is 26.2 Å². The maximum absolute atomic E-state index is 12.2. The number of carbonyl (C=O) groups is 2. The second-order valence-electron chi connectivity index (χ2n) is 6.60. The van der Waals surface area contributed by atoms with Crippen LogP contribution in [0.5, 0.6) is 0 Å². The van der Waals surface area contributed by atoms with Gasteiger partial charge in [0.1, 0.15) is 0 Å². The molecule has 1 aromatic carbocycles. The molecule has 0 aliphatic heterocycles. The lowest BCUT2D eigenvalue weighted by molar-refractivity contribution is -0.168. The van der Waals surface area contributed by atoms with E-state index in [0.717, 1.165) is 6.42 Å². The topological polar surface area (TPSA) is 52.6 Å². The van der Waals surface area contributed by atoms with Gasteiger partial charge in [0.2, 0.25) is 0 Å². The van der Waals surface area contributed by atoms with Crippen molar-refractivity contribution in [3.8, 4) is 11.8 Å². The van der Waals surface area contributed by atoms with E-state index in [1.807, 2.05) is 18.2 Å². The summed E-state index contributed by atoms with van der Waals surface area (Å²) < 4.78 is 9.64. The third-order valence-electron chi connectivity index (χ3n) is 4.98. The molecule has 2 rings (SSSR count). The summed E-state index contributed by atoms with van der Waals surface area (Å²) in [5.41, 5.74) is -0.157. The number of carbonyl (C=O) groups excluding carboxylic acids is 2. The maximum atomic E-state index is 12.2. The van der Waals surface area contributed by atoms with Crippen molar-refractivity contribution in [3.05, 3.63) is 48.6 Å². The predicted octanol–water partition coefficient (Wildman–Crippen LogP) is 3.27. The molecule has 0 bridgehead atoms. The predicted molar refractivity (Wildman–Crippen MR) is 95.6 cm³/mol. The average Bonchev–Trinajstić information content (AvgIpc) is 3.31. The van der Waals surface area contributed by atoms with Gasteiger partial charge in [-0.15, -0.1) is 12.5 Å². The number of methoxy groups -OCH3 is 2. The molecule has 25 heavy (non-hydrogen) atoms. The zero-order valence-electron chi connectivity index (χ0n) is 15.0. The number of ether oxygens (including phenoxy) is 2. The summed E-state index contributed by atoms with van der Waals surface area (Å²) in [7, 11) is 2.51. The minimum Gasteiger partial charge on any atom is -0.468 e. The molecule has 1 aromatic rings. The Morgan fingerprint density at radius 3 is 2.40 bits per heavy atom. The van der Waals surface area contributed by atoms with Gasteiger partial charge in [0.25, 0.3) is 0 Å². The first kappa shape index (κ1) is 18.8. The first-order chi connectivity index (χ1) is 11.9. The highest BCUT2D eigenvalue weighted by Crippen LogP contribution is 2.53. The number of allylic oxidation sites excluding steroid dienone is 1. The summed E-state index contributed by atoms with van der Waals surface area (Å²) >= 11 is 0. The van der Waals surface area contributed by atoms with Gasteiger partial charge in [-0.1, -0.05) is 49.3 Å². The lowest BCUT2D eigenvalue weighted by Crippen LogP contribution is -2.40. The summed E-state index contributed by atoms with van der Waals surface area (Å²) in [4.78, 5) is 24.5. The number of hydrogen-bond donors (Lipinski definition) is 0. The van der Waals surface area contributed by atoms with E-state index < -0.39 is 17.4 Å². The molecular formula is C21H24O4. The van der Waals surface area contributed by atoms with Gasteiger partial charge in [-0.05, 0) is 18.4 Å². The molecule has 0 spiro atoms. The molecule has 4 nitrogen and oxygen atoms in total. The summed E-state index contributed by atoms with van der Waals surface area (Å²) in [5, 5.41) is 0. The number of benzene rings is 1. The fourth-order valence-corrected chi connectivity index (χ4v) is 3.14. The van der Waals surface area contributed by atoms with Crippen molar-refractivity contribution in [2.24, 2.45) is 11.3 Å². The van der Waals surface area contributed by atoms with E-state index in [1.54, 1.807) is 0 Å². The molecule has 0 heterocycles. The molecule has 2 atom stereocenters. The van der Waals surface area contributed by atoms with Crippen LogP contribution in [-0.2, 0) is 24.5 Å². The van der Waals surface area contributed by atoms with Gasteiger partial charge in [0, 0.05) is 17.8 Å². The van der Waals surface area contributed by atoms with Gasteiger partial charge in [-0.2, -0.15) is 0 Å². The molecule has 1 aliphatic carbocycles. The summed E-state index contributed by atoms with van der Waals surface area (Å²) in [6.45, 7) is 5.81. The van der Waals surface area contributed by atoms with Crippen LogP contribution in [0.4, 0.5) is 0 Å². The first-order valence-electron chi connectivity index (χ1n) is 8.26. The minimum absolute atomic E-state index is 0.0336. The lowest BCUT2D eigenvalue weighted by atomic mass is 9.81. The largest absolute Gasteiger partial charge is 0.468 e. The van der Waals surface area contributed by atoms with E-state index in [-0.39, 0.29) is 24.2 Å². The first-order valence-corrected chi connectivity index (χ1v) is 8.26. The van der Waals surface area contributed by atoms with Crippen LogP contribution < -0.4 is 0 Å². The molecule has 132 valence electrons. The lowest BCUT2D eigenvalue weighted by Gasteiger charge is -2.24. The van der Waals surface area contributed by atoms with Gasteiger partial charge in [0.15, 0.2) is 5.41 Å². The SMILES string of the molecule is C=CCC(CC#C[C@H]1C[C@]1(C)c1ccccc1)(C(=O)OC)C(=O)OC. The highest BCUT2D eigenvalue weighted by Gasteiger charge is 2.51. The van der Waals surface area contributed by atoms with E-state index in [1.165, 1.54) is 25.9 Å². The van der Waals surface area contributed by atoms with Gasteiger partial charge < -0.3 is 9.47 Å². The zero-order chi connectivity index (χ0) is 18.5. The fraction of sp³-hybridized carbons (Fsp3) is 0.429. The molecule has 0 aromatic heterocycles. The van der Waals surface area contributed by atoms with Crippen LogP contribution in [0, 0.1) is 23.2 Å². The van der Waals surface area contributed by atoms with Crippen molar-refractivity contribution in [1.29, 1.82) is 0 Å². The number of esters is 2. The Labute approximate surface area is 149 Å². The molecule has 0 N–H and O–H groups in total. The quantitative estimate of drug-likeness (QED) is 0.345. The molecule has 0 amide bonds. The van der Waals surface area contributed by atoms with Crippen LogP contribution in [0.25, 0.3) is 0 Å². The molecule has 1 aliphatic rings. The normalized spacial score (nSPS) is 21.5. The average molecular weight is 340 g/mol. The van der Waals surface area contributed by atoms with Crippen molar-refractivity contribution >= 4 is 11.9 Å². The van der Waals surface area contributed by atoms with Crippen LogP contribution >= 0.6 is 0 Å². The molecular weight excluding hydrogens is 316 g/mol. The second kappa shape index (κ2) is 7.57. The number of rotatable bonds is 6. The Hall–Kier alpha value is -2.54. The Morgan fingerprint density at radius 1 is 1.28 bits per heavy atom. The van der Waals surface area contributed by atoms with Crippen LogP contribution in [0.1, 0.15) is 31.7 Å². The van der Waals surface area contributed by atoms with E-state index in [2.05, 4.69) is 37.5 Å². The molecule has 1 fully saturated rings. The van der Waals surface area contributed by atoms with Gasteiger partial charge >= 0.3 is 11.9 Å². The summed E-state index contributed by atoms with van der Waals surface area (Å²) in [5.74, 6) is 5.17. The van der Waals surface area contributed by atoms with Crippen molar-refractivity contribution < 1.29 is 19.1 Å². The highest BCUT2D eigenvalue weighted by molar-refractivity contribution is 6.00. The molecule has 1 saturated carbocycles. The summed E-state index contributed by atoms with van der Waals surface area (Å²) in [6.07, 6.45) is 2.66. The monoisotopic (exact) mass is 340 g/mol. The Morgan fingerprint density at radius 2 is 1.88 bits per heavy atom. The Kier molecular flexibility index (Phi) is 5.69. The Bertz CT molecular complexity index is 694. The van der Waals surface area contributed by atoms with Crippen LogP contribution in [0.15, 0.2) is 43.0 Å². The van der Waals surface area contributed by atoms with Crippen LogP contribution in [0.2, 0.25) is 0 Å². The van der Waals surface area contributed by atoms with Crippen molar-refractivity contribution in [1.82, 2.24) is 0 Å². The smallest absolute Gasteiger partial charge is 0.324 e. The number of hydrogen-bond acceptors (Lipinski definition) is 4. The van der Waals surface area contributed by atoms with E-state index >= 15 is 0 Å². The third kappa shape index (κ3) is 3.61. The fourth-order valence-electron chi connectivity index (χ4n) is 3.14. The summed E-state index contributed by atoms with van der Waals surface area (Å²) in [6, 6.07) is 10.2. The molecule has 0 saturated heterocycles. The zero-order valence-corrected chi connectivity index (χ0v) is 15.0. The second-order valence-corrected chi connectivity index (χ2v) is 6.60. The van der Waals surface area contributed by atoms with E-state index in [9.17, 15) is 9.59 Å². The minimum atomic E-state index is -1.45. The van der Waals surface area contributed by atoms with Gasteiger partial charge in [-0.25, -0.2) is 0 Å². The van der Waals surface area contributed by atoms with Crippen LogP contribution in [0.3, 0.4) is 0 Å². The molecule has 4 heteroatoms. The van der Waals surface area contributed by atoms with Crippen molar-refractivity contribution in [3.63, 3.8) is 0 Å². The molecule has 0 unspecified atom stereocenters. The van der Waals surface area contributed by atoms with Gasteiger partial charge in [0.05, 0.1) is 14.2 Å². The standard InChI is InChI=1S/C21H24O4/c1-5-13-21(18(22)24-3,19(23)25-4)14-9-12-17-15-20(17,2)16-10-7-6-8-11-16/h5-8,10-11,17H,1,13-15H2,2-4H3/t17-,20+/m0/s1. The van der Waals surface area contributed by atoms with E-state index in [4.69, 9.17) is 9.47 Å². The highest BCUT2D eigenvalue weighted by atomic mass is 16.5. The van der Waals surface area contributed by atoms with E-state index in [0.29, 0.717) is 0 Å². The van der Waals surface area contributed by atoms with Gasteiger partial charge in [-0.3, -0.25) is 9.59 Å².